The molecule has 4 aromatic rings. The van der Waals surface area contributed by atoms with Gasteiger partial charge in [0.1, 0.15) is 0 Å². The minimum atomic E-state index is -0.579. The monoisotopic (exact) mass is 532 g/mol. The Morgan fingerprint density at radius 1 is 0.867 bits per heavy atom. The van der Waals surface area contributed by atoms with Crippen molar-refractivity contribution in [1.29, 1.82) is 0 Å². The van der Waals surface area contributed by atoms with Crippen molar-refractivity contribution in [2.75, 3.05) is 26.1 Å². The predicted octanol–water partition coefficient (Wildman–Crippen LogP) is 5.81. The Morgan fingerprint density at radius 3 is 2.03 bits per heavy atom. The third-order valence-corrected chi connectivity index (χ3v) is 6.09. The molecule has 0 fully saturated rings. The van der Waals surface area contributed by atoms with E-state index >= 15 is 0 Å². The number of rotatable bonds is 7. The summed E-state index contributed by atoms with van der Waals surface area (Å²) in [6, 6.07) is 18.1. The second-order valence-corrected chi connectivity index (χ2v) is 8.87. The summed E-state index contributed by atoms with van der Waals surface area (Å²) in [7, 11) is 3.22. The van der Waals surface area contributed by atoms with Gasteiger partial charge in [-0.3, -0.25) is 0 Å². The molecule has 1 heterocycles. The maximum absolute atomic E-state index is 10.8. The van der Waals surface area contributed by atoms with Crippen LogP contribution in [0.5, 0.6) is 11.5 Å². The van der Waals surface area contributed by atoms with Crippen LogP contribution in [0.25, 0.3) is 21.8 Å². The van der Waals surface area contributed by atoms with E-state index in [2.05, 4.69) is 66.0 Å². The molecule has 30 heavy (non-hydrogen) atoms. The van der Waals surface area contributed by atoms with Gasteiger partial charge in [0.2, 0.25) is 0 Å². The number of halogens is 2. The highest BCUT2D eigenvalue weighted by atomic mass is 79.9. The first-order chi connectivity index (χ1) is 14.5. The number of benzene rings is 3. The lowest BCUT2D eigenvalue weighted by molar-refractivity contribution is 0.169. The van der Waals surface area contributed by atoms with E-state index in [4.69, 9.17) is 9.47 Å². The van der Waals surface area contributed by atoms with E-state index < -0.39 is 6.10 Å². The fraction of sp³-hybridized carbons (Fsp3) is 0.217. The van der Waals surface area contributed by atoms with Gasteiger partial charge >= 0.3 is 0 Å². The number of aromatic nitrogens is 1. The fourth-order valence-corrected chi connectivity index (χ4v) is 4.42. The molecule has 0 aliphatic rings. The standard InChI is InChI=1S/C23H22Br2N2O3/c1-29-22-8-5-16(11-23(22)30-2)26-12-17(28)13-27-20-6-3-14(24)9-18(20)19-10-15(25)4-7-21(19)27/h3-11,17,26,28H,12-13H2,1-2H3. The summed E-state index contributed by atoms with van der Waals surface area (Å²) in [5.74, 6) is 1.32. The number of nitrogens with zero attached hydrogens (tertiary/aromatic N) is 1. The van der Waals surface area contributed by atoms with E-state index in [1.165, 1.54) is 0 Å². The van der Waals surface area contributed by atoms with Crippen molar-refractivity contribution in [3.8, 4) is 11.5 Å². The summed E-state index contributed by atoms with van der Waals surface area (Å²) in [6.45, 7) is 0.882. The summed E-state index contributed by atoms with van der Waals surface area (Å²) in [4.78, 5) is 0. The third-order valence-electron chi connectivity index (χ3n) is 5.11. The molecule has 1 atom stereocenters. The highest BCUT2D eigenvalue weighted by molar-refractivity contribution is 9.10. The van der Waals surface area contributed by atoms with Crippen LogP contribution < -0.4 is 14.8 Å². The minimum absolute atomic E-state index is 0.406. The van der Waals surface area contributed by atoms with E-state index in [0.29, 0.717) is 24.6 Å². The Kier molecular flexibility index (Phi) is 6.22. The SMILES string of the molecule is COc1ccc(NCC(O)Cn2c3ccc(Br)cc3c3cc(Br)ccc32)cc1OC. The number of hydrogen-bond donors (Lipinski definition) is 2. The van der Waals surface area contributed by atoms with Gasteiger partial charge in [-0.25, -0.2) is 0 Å². The van der Waals surface area contributed by atoms with Crippen LogP contribution in [0.4, 0.5) is 5.69 Å². The second-order valence-electron chi connectivity index (χ2n) is 7.04. The van der Waals surface area contributed by atoms with Crippen molar-refractivity contribution in [3.05, 3.63) is 63.5 Å². The van der Waals surface area contributed by atoms with Crippen molar-refractivity contribution in [3.63, 3.8) is 0 Å². The van der Waals surface area contributed by atoms with Crippen LogP contribution in [0, 0.1) is 0 Å². The van der Waals surface area contributed by atoms with Gasteiger partial charge < -0.3 is 24.5 Å². The topological polar surface area (TPSA) is 55.6 Å². The van der Waals surface area contributed by atoms with Crippen LogP contribution in [0.2, 0.25) is 0 Å². The maximum atomic E-state index is 10.8. The highest BCUT2D eigenvalue weighted by Crippen LogP contribution is 2.33. The largest absolute Gasteiger partial charge is 0.493 e. The molecule has 156 valence electrons. The maximum Gasteiger partial charge on any atom is 0.162 e. The lowest BCUT2D eigenvalue weighted by Gasteiger charge is -2.16. The van der Waals surface area contributed by atoms with E-state index in [9.17, 15) is 5.11 Å². The summed E-state index contributed by atoms with van der Waals surface area (Å²) in [5, 5.41) is 16.4. The van der Waals surface area contributed by atoms with Crippen LogP contribution in [0.1, 0.15) is 0 Å². The first-order valence-corrected chi connectivity index (χ1v) is 11.1. The zero-order valence-electron chi connectivity index (χ0n) is 16.7. The number of anilines is 1. The average Bonchev–Trinajstić information content (AvgIpc) is 3.04. The Hall–Kier alpha value is -2.22. The molecule has 4 rings (SSSR count). The predicted molar refractivity (Wildman–Crippen MR) is 129 cm³/mol. The molecule has 0 saturated heterocycles. The molecule has 0 amide bonds. The van der Waals surface area contributed by atoms with Gasteiger partial charge in [0.25, 0.3) is 0 Å². The quantitative estimate of drug-likeness (QED) is 0.315. The molecule has 0 spiro atoms. The molecular formula is C23H22Br2N2O3. The van der Waals surface area contributed by atoms with Crippen molar-refractivity contribution >= 4 is 59.4 Å². The molecule has 1 aromatic heterocycles. The lowest BCUT2D eigenvalue weighted by Crippen LogP contribution is -2.24. The van der Waals surface area contributed by atoms with Gasteiger partial charge in [0, 0.05) is 49.0 Å². The highest BCUT2D eigenvalue weighted by Gasteiger charge is 2.15. The van der Waals surface area contributed by atoms with Crippen LogP contribution in [0.3, 0.4) is 0 Å². The van der Waals surface area contributed by atoms with Gasteiger partial charge in [-0.1, -0.05) is 31.9 Å². The van der Waals surface area contributed by atoms with Crippen molar-refractivity contribution < 1.29 is 14.6 Å². The van der Waals surface area contributed by atoms with Crippen LogP contribution in [0.15, 0.2) is 63.5 Å². The number of ether oxygens (including phenoxy) is 2. The van der Waals surface area contributed by atoms with Crippen LogP contribution in [-0.4, -0.2) is 36.5 Å². The van der Waals surface area contributed by atoms with E-state index in [1.54, 1.807) is 14.2 Å². The summed E-state index contributed by atoms with van der Waals surface area (Å²) >= 11 is 7.14. The van der Waals surface area contributed by atoms with Gasteiger partial charge in [-0.2, -0.15) is 0 Å². The third kappa shape index (κ3) is 4.15. The number of aliphatic hydroxyl groups excluding tert-OH is 1. The number of methoxy groups -OCH3 is 2. The first-order valence-electron chi connectivity index (χ1n) is 9.51. The first kappa shape index (κ1) is 21.0. The van der Waals surface area contributed by atoms with Crippen molar-refractivity contribution in [1.82, 2.24) is 4.57 Å². The zero-order chi connectivity index (χ0) is 21.3. The molecule has 0 aliphatic carbocycles. The zero-order valence-corrected chi connectivity index (χ0v) is 19.8. The van der Waals surface area contributed by atoms with Gasteiger partial charge in [-0.05, 0) is 48.5 Å². The van der Waals surface area contributed by atoms with Gasteiger partial charge in [0.15, 0.2) is 11.5 Å². The summed E-state index contributed by atoms with van der Waals surface area (Å²) in [5.41, 5.74) is 3.05. The summed E-state index contributed by atoms with van der Waals surface area (Å²) < 4.78 is 14.9. The Balaban J connectivity index is 1.58. The molecule has 5 nitrogen and oxygen atoms in total. The van der Waals surface area contributed by atoms with Gasteiger partial charge in [-0.15, -0.1) is 0 Å². The van der Waals surface area contributed by atoms with E-state index in [0.717, 1.165) is 36.4 Å². The average molecular weight is 534 g/mol. The molecule has 0 bridgehead atoms. The second kappa shape index (κ2) is 8.88. The number of aliphatic hydroxyl groups is 1. The molecule has 0 radical (unpaired) electrons. The molecule has 0 saturated carbocycles. The summed E-state index contributed by atoms with van der Waals surface area (Å²) in [6.07, 6.45) is -0.579. The molecule has 7 heteroatoms. The Morgan fingerprint density at radius 2 is 1.47 bits per heavy atom. The molecule has 2 N–H and O–H groups in total. The molecular weight excluding hydrogens is 512 g/mol. The van der Waals surface area contributed by atoms with Gasteiger partial charge in [0.05, 0.1) is 26.9 Å². The van der Waals surface area contributed by atoms with E-state index in [-0.39, 0.29) is 0 Å². The normalized spacial score (nSPS) is 12.3. The number of fused-ring (bicyclic) bond motifs is 3. The fourth-order valence-electron chi connectivity index (χ4n) is 3.70. The van der Waals surface area contributed by atoms with Crippen molar-refractivity contribution in [2.24, 2.45) is 0 Å². The Labute approximate surface area is 191 Å². The van der Waals surface area contributed by atoms with Crippen molar-refractivity contribution in [2.45, 2.75) is 12.6 Å². The molecule has 0 aliphatic heterocycles. The number of hydrogen-bond acceptors (Lipinski definition) is 4. The van der Waals surface area contributed by atoms with Crippen LogP contribution >= 0.6 is 31.9 Å². The molecule has 3 aromatic carbocycles. The number of nitrogens with one attached hydrogen (secondary N) is 1. The molecule has 1 unspecified atom stereocenters. The Bertz CT molecular complexity index is 1150. The van der Waals surface area contributed by atoms with Crippen LogP contribution in [-0.2, 0) is 6.54 Å². The van der Waals surface area contributed by atoms with E-state index in [1.807, 2.05) is 30.3 Å². The smallest absolute Gasteiger partial charge is 0.162 e. The minimum Gasteiger partial charge on any atom is -0.493 e. The lowest BCUT2D eigenvalue weighted by atomic mass is 10.2.